The van der Waals surface area contributed by atoms with Gasteiger partial charge in [0.25, 0.3) is 0 Å². The van der Waals surface area contributed by atoms with E-state index in [1.807, 2.05) is 9.24 Å². The lowest BCUT2D eigenvalue weighted by Crippen LogP contribution is -2.19. The van der Waals surface area contributed by atoms with Crippen molar-refractivity contribution in [2.24, 2.45) is 0 Å². The van der Waals surface area contributed by atoms with E-state index in [1.54, 1.807) is 0 Å². The van der Waals surface area contributed by atoms with Crippen LogP contribution in [-0.4, -0.2) is 23.9 Å². The maximum absolute atomic E-state index is 9.94. The molecule has 42 valence electrons. The molecule has 0 rings (SSSR count). The molecule has 0 aromatic rings. The largest absolute Gasteiger partial charge is 0.395 e. The summed E-state index contributed by atoms with van der Waals surface area (Å²) in [5.74, 6) is 0. The Kier molecular flexibility index (Phi) is 3.95. The molecule has 0 aromatic heterocycles. The van der Waals surface area contributed by atoms with Crippen molar-refractivity contribution in [1.82, 2.24) is 5.32 Å². The van der Waals surface area contributed by atoms with Gasteiger partial charge in [-0.05, 0) is 9.24 Å². The lowest BCUT2D eigenvalue weighted by molar-refractivity contribution is 0.253. The maximum atomic E-state index is 9.94. The molecule has 0 fully saturated rings. The minimum atomic E-state index is -0.186. The van der Waals surface area contributed by atoms with E-state index in [0.29, 0.717) is 6.54 Å². The first-order valence-electron chi connectivity index (χ1n) is 1.91. The maximum Gasteiger partial charge on any atom is 0.234 e. The SMILES string of the molecule is O=C(P)NCCO. The van der Waals surface area contributed by atoms with Gasteiger partial charge in [-0.2, -0.15) is 0 Å². The van der Waals surface area contributed by atoms with E-state index >= 15 is 0 Å². The van der Waals surface area contributed by atoms with Gasteiger partial charge in [0, 0.05) is 6.54 Å². The number of rotatable bonds is 2. The van der Waals surface area contributed by atoms with Crippen LogP contribution in [-0.2, 0) is 0 Å². The van der Waals surface area contributed by atoms with E-state index in [9.17, 15) is 4.79 Å². The van der Waals surface area contributed by atoms with Crippen LogP contribution in [0.25, 0.3) is 0 Å². The van der Waals surface area contributed by atoms with Crippen LogP contribution in [0.3, 0.4) is 0 Å². The summed E-state index contributed by atoms with van der Waals surface area (Å²) in [6.07, 6.45) is 0. The van der Waals surface area contributed by atoms with Crippen molar-refractivity contribution in [3.63, 3.8) is 0 Å². The average molecular weight is 121 g/mol. The van der Waals surface area contributed by atoms with E-state index in [4.69, 9.17) is 5.11 Å². The smallest absolute Gasteiger partial charge is 0.234 e. The molecule has 0 bridgehead atoms. The quantitative estimate of drug-likeness (QED) is 0.487. The molecule has 0 aliphatic carbocycles. The average Bonchev–Trinajstić information content (AvgIpc) is 1.61. The highest BCUT2D eigenvalue weighted by Gasteiger charge is 1.83. The second-order valence-electron chi connectivity index (χ2n) is 1.01. The molecular formula is C3H8NO2P. The fourth-order valence-corrected chi connectivity index (χ4v) is 0.323. The normalized spacial score (nSPS) is 8.29. The minimum absolute atomic E-state index is 0.000139. The van der Waals surface area contributed by atoms with E-state index in [0.717, 1.165) is 0 Å². The van der Waals surface area contributed by atoms with Gasteiger partial charge < -0.3 is 10.4 Å². The highest BCUT2D eigenvalue weighted by atomic mass is 31.0. The summed E-state index contributed by atoms with van der Waals surface area (Å²) in [4.78, 5) is 9.94. The van der Waals surface area contributed by atoms with Crippen LogP contribution in [0.1, 0.15) is 0 Å². The fourth-order valence-electron chi connectivity index (χ4n) is 0.179. The molecule has 0 spiro atoms. The molecule has 1 unspecified atom stereocenters. The van der Waals surface area contributed by atoms with Crippen LogP contribution in [0.2, 0.25) is 0 Å². The molecule has 0 aromatic carbocycles. The number of aliphatic hydroxyl groups is 1. The summed E-state index contributed by atoms with van der Waals surface area (Å²) in [6.45, 7) is 0.336. The third-order valence-electron chi connectivity index (χ3n) is 0.411. The Hall–Kier alpha value is -0.140. The first-order valence-corrected chi connectivity index (χ1v) is 2.49. The summed E-state index contributed by atoms with van der Waals surface area (Å²) in [5, 5.41) is 10.5. The van der Waals surface area contributed by atoms with Crippen molar-refractivity contribution in [3.8, 4) is 0 Å². The standard InChI is InChI=1S/C3H8NO2P/c5-2-1-4-3(6)7/h5H,1-2,7H2,(H,4,6). The van der Waals surface area contributed by atoms with E-state index in [1.165, 1.54) is 0 Å². The van der Waals surface area contributed by atoms with Gasteiger partial charge in [0.1, 0.15) is 0 Å². The van der Waals surface area contributed by atoms with Gasteiger partial charge in [-0.15, -0.1) is 0 Å². The van der Waals surface area contributed by atoms with Crippen molar-refractivity contribution in [2.45, 2.75) is 0 Å². The van der Waals surface area contributed by atoms with Crippen molar-refractivity contribution in [3.05, 3.63) is 0 Å². The summed E-state index contributed by atoms with van der Waals surface area (Å²) in [5.41, 5.74) is -0.186. The van der Waals surface area contributed by atoms with Gasteiger partial charge in [0.15, 0.2) is 0 Å². The Bertz CT molecular complexity index is 66.0. The van der Waals surface area contributed by atoms with Gasteiger partial charge >= 0.3 is 0 Å². The minimum Gasteiger partial charge on any atom is -0.395 e. The molecule has 7 heavy (non-hydrogen) atoms. The van der Waals surface area contributed by atoms with Crippen LogP contribution in [0.15, 0.2) is 0 Å². The highest BCUT2D eigenvalue weighted by Crippen LogP contribution is 1.78. The van der Waals surface area contributed by atoms with Crippen molar-refractivity contribution in [1.29, 1.82) is 0 Å². The van der Waals surface area contributed by atoms with E-state index in [-0.39, 0.29) is 12.3 Å². The Labute approximate surface area is 44.3 Å². The van der Waals surface area contributed by atoms with Crippen LogP contribution >= 0.6 is 9.24 Å². The Morgan fingerprint density at radius 3 is 2.57 bits per heavy atom. The first-order chi connectivity index (χ1) is 3.27. The second-order valence-corrected chi connectivity index (χ2v) is 1.54. The number of carbonyl (C=O) groups is 1. The predicted molar refractivity (Wildman–Crippen MR) is 30.2 cm³/mol. The Morgan fingerprint density at radius 2 is 2.43 bits per heavy atom. The molecule has 0 saturated heterocycles. The van der Waals surface area contributed by atoms with Crippen LogP contribution < -0.4 is 5.32 Å². The number of hydrogen-bond donors (Lipinski definition) is 2. The molecule has 1 atom stereocenters. The molecule has 0 aliphatic heterocycles. The Morgan fingerprint density at radius 1 is 1.86 bits per heavy atom. The van der Waals surface area contributed by atoms with Gasteiger partial charge in [0.2, 0.25) is 5.65 Å². The summed E-state index contributed by atoms with van der Waals surface area (Å²) in [7, 11) is 1.95. The molecule has 0 saturated carbocycles. The van der Waals surface area contributed by atoms with Crippen LogP contribution in [0, 0.1) is 0 Å². The summed E-state index contributed by atoms with van der Waals surface area (Å²) >= 11 is 0. The van der Waals surface area contributed by atoms with Gasteiger partial charge in [-0.3, -0.25) is 4.79 Å². The fraction of sp³-hybridized carbons (Fsp3) is 0.667. The van der Waals surface area contributed by atoms with Gasteiger partial charge in [-0.25, -0.2) is 0 Å². The zero-order chi connectivity index (χ0) is 5.70. The summed E-state index contributed by atoms with van der Waals surface area (Å²) in [6, 6.07) is 0. The third kappa shape index (κ3) is 5.86. The number of nitrogens with one attached hydrogen (secondary N) is 1. The zero-order valence-electron chi connectivity index (χ0n) is 3.85. The topological polar surface area (TPSA) is 49.3 Å². The number of aliphatic hydroxyl groups excluding tert-OH is 1. The lowest BCUT2D eigenvalue weighted by Gasteiger charge is -1.92. The number of amides is 1. The number of carbonyl (C=O) groups excluding carboxylic acids is 1. The predicted octanol–water partition coefficient (Wildman–Crippen LogP) is -0.437. The van der Waals surface area contributed by atoms with Crippen LogP contribution in [0.4, 0.5) is 4.79 Å². The molecular weight excluding hydrogens is 113 g/mol. The highest BCUT2D eigenvalue weighted by molar-refractivity contribution is 7.39. The first kappa shape index (κ1) is 6.86. The van der Waals surface area contributed by atoms with Crippen LogP contribution in [0.5, 0.6) is 0 Å². The molecule has 0 heterocycles. The number of hydrogen-bond acceptors (Lipinski definition) is 2. The Balaban J connectivity index is 2.82. The second kappa shape index (κ2) is 4.03. The third-order valence-corrected chi connectivity index (χ3v) is 0.615. The van der Waals surface area contributed by atoms with E-state index < -0.39 is 0 Å². The van der Waals surface area contributed by atoms with Gasteiger partial charge in [-0.1, -0.05) is 0 Å². The molecule has 4 heteroatoms. The molecule has 0 radical (unpaired) electrons. The molecule has 3 nitrogen and oxygen atoms in total. The molecule has 0 aliphatic rings. The summed E-state index contributed by atoms with van der Waals surface area (Å²) < 4.78 is 0. The van der Waals surface area contributed by atoms with E-state index in [2.05, 4.69) is 5.32 Å². The zero-order valence-corrected chi connectivity index (χ0v) is 5.00. The van der Waals surface area contributed by atoms with Crippen molar-refractivity contribution >= 4 is 14.9 Å². The monoisotopic (exact) mass is 121 g/mol. The van der Waals surface area contributed by atoms with Gasteiger partial charge in [0.05, 0.1) is 6.61 Å². The molecule has 2 N–H and O–H groups in total. The van der Waals surface area contributed by atoms with Crippen molar-refractivity contribution in [2.75, 3.05) is 13.2 Å². The molecule has 1 amide bonds. The lowest BCUT2D eigenvalue weighted by atomic mass is 10.7. The van der Waals surface area contributed by atoms with Crippen molar-refractivity contribution < 1.29 is 9.90 Å².